The molecule has 0 aliphatic carbocycles. The van der Waals surface area contributed by atoms with Crippen molar-refractivity contribution in [2.45, 2.75) is 56.4 Å². The van der Waals surface area contributed by atoms with E-state index < -0.39 is 10.0 Å². The van der Waals surface area contributed by atoms with Gasteiger partial charge in [0.2, 0.25) is 15.9 Å². The van der Waals surface area contributed by atoms with Crippen molar-refractivity contribution in [3.8, 4) is 0 Å². The summed E-state index contributed by atoms with van der Waals surface area (Å²) in [5, 5.41) is 9.25. The van der Waals surface area contributed by atoms with Crippen LogP contribution in [0.4, 0.5) is 0 Å². The summed E-state index contributed by atoms with van der Waals surface area (Å²) >= 11 is 0. The predicted molar refractivity (Wildman–Crippen MR) is 96.7 cm³/mol. The number of nitrogens with zero attached hydrogens (tertiary/aromatic N) is 1. The number of benzene rings is 1. The maximum Gasteiger partial charge on any atom is 0.240 e. The lowest BCUT2D eigenvalue weighted by molar-refractivity contribution is -0.133. The van der Waals surface area contributed by atoms with Gasteiger partial charge >= 0.3 is 0 Å². The van der Waals surface area contributed by atoms with Crippen LogP contribution in [-0.2, 0) is 21.2 Å². The molecule has 0 radical (unpaired) electrons. The fourth-order valence-corrected chi connectivity index (χ4v) is 4.33. The SMILES string of the molecule is CCNS(=O)(=O)c1ccc(CC(=O)N2CCCCCC2CCO)cc1. The van der Waals surface area contributed by atoms with Crippen molar-refractivity contribution in [1.82, 2.24) is 9.62 Å². The first-order valence-corrected chi connectivity index (χ1v) is 10.4. The summed E-state index contributed by atoms with van der Waals surface area (Å²) in [6, 6.07) is 6.57. The molecule has 0 bridgehead atoms. The fraction of sp³-hybridized carbons (Fsp3) is 0.611. The monoisotopic (exact) mass is 368 g/mol. The quantitative estimate of drug-likeness (QED) is 0.767. The predicted octanol–water partition coefficient (Wildman–Crippen LogP) is 1.68. The van der Waals surface area contributed by atoms with Gasteiger partial charge in [-0.1, -0.05) is 31.9 Å². The van der Waals surface area contributed by atoms with Crippen LogP contribution >= 0.6 is 0 Å². The molecule has 1 atom stereocenters. The lowest BCUT2D eigenvalue weighted by Gasteiger charge is -2.30. The Bertz CT molecular complexity index is 658. The van der Waals surface area contributed by atoms with Crippen molar-refractivity contribution in [3.05, 3.63) is 29.8 Å². The highest BCUT2D eigenvalue weighted by atomic mass is 32.2. The largest absolute Gasteiger partial charge is 0.396 e. The Balaban J connectivity index is 2.06. The van der Waals surface area contributed by atoms with Crippen LogP contribution in [0, 0.1) is 0 Å². The number of carbonyl (C=O) groups is 1. The highest BCUT2D eigenvalue weighted by molar-refractivity contribution is 7.89. The Morgan fingerprint density at radius 3 is 2.60 bits per heavy atom. The lowest BCUT2D eigenvalue weighted by Crippen LogP contribution is -2.41. The molecule has 1 aromatic carbocycles. The Morgan fingerprint density at radius 2 is 1.96 bits per heavy atom. The zero-order valence-corrected chi connectivity index (χ0v) is 15.6. The van der Waals surface area contributed by atoms with Crippen molar-refractivity contribution in [3.63, 3.8) is 0 Å². The van der Waals surface area contributed by atoms with E-state index >= 15 is 0 Å². The lowest BCUT2D eigenvalue weighted by atomic mass is 10.1. The first-order chi connectivity index (χ1) is 12.0. The summed E-state index contributed by atoms with van der Waals surface area (Å²) in [6.07, 6.45) is 5.00. The second kappa shape index (κ2) is 9.31. The van der Waals surface area contributed by atoms with Gasteiger partial charge in [0.15, 0.2) is 0 Å². The number of hydrogen-bond donors (Lipinski definition) is 2. The molecule has 25 heavy (non-hydrogen) atoms. The van der Waals surface area contributed by atoms with Gasteiger partial charge in [-0.05, 0) is 37.0 Å². The molecule has 140 valence electrons. The first-order valence-electron chi connectivity index (χ1n) is 8.97. The van der Waals surface area contributed by atoms with E-state index in [1.807, 2.05) is 4.90 Å². The number of amides is 1. The standard InChI is InChI=1S/C18H28N2O4S/c1-2-19-25(23,24)17-9-7-15(8-10-17)14-18(22)20-12-5-3-4-6-16(20)11-13-21/h7-10,16,19,21H,2-6,11-14H2,1H3. The van der Waals surface area contributed by atoms with E-state index in [0.29, 0.717) is 13.0 Å². The van der Waals surface area contributed by atoms with Crippen molar-refractivity contribution < 1.29 is 18.3 Å². The highest BCUT2D eigenvalue weighted by Gasteiger charge is 2.25. The summed E-state index contributed by atoms with van der Waals surface area (Å²) < 4.78 is 26.4. The summed E-state index contributed by atoms with van der Waals surface area (Å²) in [7, 11) is -3.47. The fourth-order valence-electron chi connectivity index (χ4n) is 3.29. The number of aliphatic hydroxyl groups is 1. The van der Waals surface area contributed by atoms with Crippen LogP contribution < -0.4 is 4.72 Å². The molecule has 1 fully saturated rings. The summed E-state index contributed by atoms with van der Waals surface area (Å²) in [5.74, 6) is 0.0441. The van der Waals surface area contributed by atoms with Crippen molar-refractivity contribution >= 4 is 15.9 Å². The average Bonchev–Trinajstić information content (AvgIpc) is 2.81. The molecule has 1 unspecified atom stereocenters. The number of aliphatic hydroxyl groups excluding tert-OH is 1. The van der Waals surface area contributed by atoms with Crippen LogP contribution in [0.1, 0.15) is 44.6 Å². The Kier molecular flexibility index (Phi) is 7.40. The number of nitrogens with one attached hydrogen (secondary N) is 1. The van der Waals surface area contributed by atoms with Gasteiger partial charge in [0, 0.05) is 25.7 Å². The van der Waals surface area contributed by atoms with Crippen LogP contribution in [0.3, 0.4) is 0 Å². The van der Waals surface area contributed by atoms with Crippen molar-refractivity contribution in [2.24, 2.45) is 0 Å². The third-order valence-corrected chi connectivity index (χ3v) is 6.14. The van der Waals surface area contributed by atoms with Crippen LogP contribution in [0.25, 0.3) is 0 Å². The second-order valence-electron chi connectivity index (χ2n) is 6.42. The minimum atomic E-state index is -3.47. The third-order valence-electron chi connectivity index (χ3n) is 4.58. The molecule has 1 heterocycles. The van der Waals surface area contributed by atoms with Gasteiger partial charge in [-0.3, -0.25) is 4.79 Å². The van der Waals surface area contributed by atoms with Crippen LogP contribution in [0.15, 0.2) is 29.2 Å². The highest BCUT2D eigenvalue weighted by Crippen LogP contribution is 2.20. The molecule has 2 N–H and O–H groups in total. The molecular weight excluding hydrogens is 340 g/mol. The minimum absolute atomic E-state index is 0.0441. The molecule has 1 aromatic rings. The van der Waals surface area contributed by atoms with Gasteiger partial charge in [-0.2, -0.15) is 0 Å². The van der Waals surface area contributed by atoms with Crippen LogP contribution in [0.5, 0.6) is 0 Å². The molecule has 6 nitrogen and oxygen atoms in total. The van der Waals surface area contributed by atoms with Gasteiger partial charge in [-0.15, -0.1) is 0 Å². The minimum Gasteiger partial charge on any atom is -0.396 e. The molecule has 1 aliphatic rings. The number of likely N-dealkylation sites (tertiary alicyclic amines) is 1. The summed E-state index contributed by atoms with van der Waals surface area (Å²) in [4.78, 5) is 14.8. The number of rotatable bonds is 7. The third kappa shape index (κ3) is 5.52. The maximum absolute atomic E-state index is 12.7. The zero-order valence-electron chi connectivity index (χ0n) is 14.8. The van der Waals surface area contributed by atoms with E-state index in [1.165, 1.54) is 12.1 Å². The molecule has 2 rings (SSSR count). The molecule has 1 saturated heterocycles. The van der Waals surface area contributed by atoms with Gasteiger partial charge < -0.3 is 10.0 Å². The molecule has 1 aliphatic heterocycles. The average molecular weight is 368 g/mol. The Hall–Kier alpha value is -1.44. The van der Waals surface area contributed by atoms with E-state index in [9.17, 15) is 18.3 Å². The number of hydrogen-bond acceptors (Lipinski definition) is 4. The van der Waals surface area contributed by atoms with E-state index in [0.717, 1.165) is 37.8 Å². The van der Waals surface area contributed by atoms with E-state index in [1.54, 1.807) is 19.1 Å². The van der Waals surface area contributed by atoms with E-state index in [2.05, 4.69) is 4.72 Å². The van der Waals surface area contributed by atoms with Gasteiger partial charge in [-0.25, -0.2) is 13.1 Å². The van der Waals surface area contributed by atoms with Crippen LogP contribution in [-0.4, -0.2) is 50.1 Å². The van der Waals surface area contributed by atoms with Crippen molar-refractivity contribution in [2.75, 3.05) is 19.7 Å². The smallest absolute Gasteiger partial charge is 0.240 e. The molecule has 0 spiro atoms. The number of carbonyl (C=O) groups excluding carboxylic acids is 1. The van der Waals surface area contributed by atoms with E-state index in [-0.39, 0.29) is 29.9 Å². The molecular formula is C18H28N2O4S. The van der Waals surface area contributed by atoms with E-state index in [4.69, 9.17) is 0 Å². The molecule has 0 aromatic heterocycles. The van der Waals surface area contributed by atoms with Crippen molar-refractivity contribution in [1.29, 1.82) is 0 Å². The molecule has 7 heteroatoms. The number of sulfonamides is 1. The van der Waals surface area contributed by atoms with Gasteiger partial charge in [0.25, 0.3) is 0 Å². The Morgan fingerprint density at radius 1 is 1.24 bits per heavy atom. The maximum atomic E-state index is 12.7. The Labute approximate surface area is 150 Å². The van der Waals surface area contributed by atoms with Gasteiger partial charge in [0.1, 0.15) is 0 Å². The molecule has 0 saturated carbocycles. The first kappa shape index (κ1) is 19.9. The normalized spacial score (nSPS) is 18.8. The second-order valence-corrected chi connectivity index (χ2v) is 8.19. The van der Waals surface area contributed by atoms with Gasteiger partial charge in [0.05, 0.1) is 11.3 Å². The summed E-state index contributed by atoms with van der Waals surface area (Å²) in [6.45, 7) is 2.89. The zero-order chi connectivity index (χ0) is 18.3. The van der Waals surface area contributed by atoms with Crippen LogP contribution in [0.2, 0.25) is 0 Å². The topological polar surface area (TPSA) is 86.7 Å². The molecule has 1 amide bonds. The summed E-state index contributed by atoms with van der Waals surface area (Å²) in [5.41, 5.74) is 0.799.